The van der Waals surface area contributed by atoms with Crippen LogP contribution >= 0.6 is 34.0 Å². The van der Waals surface area contributed by atoms with Crippen molar-refractivity contribution in [2.24, 2.45) is 0 Å². The van der Waals surface area contributed by atoms with E-state index in [-0.39, 0.29) is 0 Å². The van der Waals surface area contributed by atoms with Gasteiger partial charge in [0.05, 0.1) is 6.57 Å². The predicted molar refractivity (Wildman–Crippen MR) is 233 cm³/mol. The van der Waals surface area contributed by atoms with E-state index in [1.807, 2.05) is 46.1 Å². The Morgan fingerprint density at radius 3 is 0.962 bits per heavy atom. The van der Waals surface area contributed by atoms with Gasteiger partial charge in [0, 0.05) is 60.5 Å². The normalized spacial score (nSPS) is 11.8. The smallest absolute Gasteiger partial charge is 0.188 e. The van der Waals surface area contributed by atoms with E-state index in [0.717, 1.165) is 33.4 Å². The summed E-state index contributed by atoms with van der Waals surface area (Å²) in [4.78, 5) is 3.97. The minimum atomic E-state index is 0.638. The maximum atomic E-state index is 8.09. The Bertz CT molecular complexity index is 3180. The van der Waals surface area contributed by atoms with Crippen molar-refractivity contribution in [1.29, 1.82) is 0 Å². The first-order valence-corrected chi connectivity index (χ1v) is 20.0. The van der Waals surface area contributed by atoms with E-state index in [0.29, 0.717) is 5.69 Å². The molecule has 3 heterocycles. The minimum Gasteiger partial charge on any atom is -0.238 e. The molecule has 11 rings (SSSR count). The van der Waals surface area contributed by atoms with Gasteiger partial charge in [0.2, 0.25) is 0 Å². The second kappa shape index (κ2) is 12.0. The molecule has 11 aromatic rings. The summed E-state index contributed by atoms with van der Waals surface area (Å²) in [7, 11) is 0. The van der Waals surface area contributed by atoms with Gasteiger partial charge in [-0.15, -0.1) is 34.0 Å². The van der Waals surface area contributed by atoms with E-state index in [1.54, 1.807) is 0 Å². The average molecular weight is 726 g/mol. The highest BCUT2D eigenvalue weighted by atomic mass is 32.1. The van der Waals surface area contributed by atoms with Crippen LogP contribution in [0.1, 0.15) is 0 Å². The molecule has 0 bridgehead atoms. The van der Waals surface area contributed by atoms with Crippen molar-refractivity contribution in [2.75, 3.05) is 0 Å². The van der Waals surface area contributed by atoms with E-state index >= 15 is 0 Å². The number of hydrogen-bond acceptors (Lipinski definition) is 3. The minimum absolute atomic E-state index is 0.638. The zero-order valence-electron chi connectivity index (χ0n) is 28.3. The van der Waals surface area contributed by atoms with Crippen LogP contribution in [0.3, 0.4) is 0 Å². The Morgan fingerprint density at radius 2 is 0.585 bits per heavy atom. The van der Waals surface area contributed by atoms with Gasteiger partial charge in [-0.05, 0) is 117 Å². The molecule has 0 unspecified atom stereocenters. The maximum absolute atomic E-state index is 8.09. The van der Waals surface area contributed by atoms with Gasteiger partial charge >= 0.3 is 0 Å². The Morgan fingerprint density at radius 1 is 0.283 bits per heavy atom. The molecule has 53 heavy (non-hydrogen) atoms. The summed E-state index contributed by atoms with van der Waals surface area (Å²) >= 11 is 5.53. The number of rotatable bonds is 4. The van der Waals surface area contributed by atoms with Gasteiger partial charge in [-0.3, -0.25) is 0 Å². The van der Waals surface area contributed by atoms with Crippen molar-refractivity contribution in [3.63, 3.8) is 0 Å². The summed E-state index contributed by atoms with van der Waals surface area (Å²) in [6.07, 6.45) is 0. The summed E-state index contributed by atoms with van der Waals surface area (Å²) in [5, 5.41) is 7.78. The van der Waals surface area contributed by atoms with Gasteiger partial charge < -0.3 is 0 Å². The molecule has 0 aliphatic carbocycles. The fourth-order valence-corrected chi connectivity index (χ4v) is 11.3. The van der Waals surface area contributed by atoms with E-state index in [9.17, 15) is 0 Å². The summed E-state index contributed by atoms with van der Waals surface area (Å²) in [6, 6.07) is 59.7. The molecule has 0 radical (unpaired) electrons. The lowest BCUT2D eigenvalue weighted by Gasteiger charge is -2.14. The molecule has 0 atom stereocenters. The average Bonchev–Trinajstić information content (AvgIpc) is 3.90. The molecular weight excluding hydrogens is 699 g/mol. The number of thiophene rings is 3. The third kappa shape index (κ3) is 5.09. The maximum Gasteiger partial charge on any atom is 0.188 e. The summed E-state index contributed by atoms with van der Waals surface area (Å²) < 4.78 is 7.75. The van der Waals surface area contributed by atoms with Crippen molar-refractivity contribution < 1.29 is 0 Å². The Kier molecular flexibility index (Phi) is 6.90. The lowest BCUT2D eigenvalue weighted by Crippen LogP contribution is -1.87. The molecule has 246 valence electrons. The second-order valence-electron chi connectivity index (χ2n) is 13.6. The molecule has 1 nitrogen and oxygen atoms in total. The van der Waals surface area contributed by atoms with Crippen molar-refractivity contribution in [1.82, 2.24) is 0 Å². The van der Waals surface area contributed by atoms with Crippen LogP contribution in [0.4, 0.5) is 5.69 Å². The van der Waals surface area contributed by atoms with E-state index < -0.39 is 0 Å². The second-order valence-corrected chi connectivity index (χ2v) is 16.9. The van der Waals surface area contributed by atoms with Crippen LogP contribution in [0.15, 0.2) is 164 Å². The summed E-state index contributed by atoms with van der Waals surface area (Å²) in [5.74, 6) is 0. The lowest BCUT2D eigenvalue weighted by molar-refractivity contribution is 1.58. The highest BCUT2D eigenvalue weighted by Crippen LogP contribution is 2.43. The van der Waals surface area contributed by atoms with Crippen LogP contribution < -0.4 is 0 Å². The molecule has 0 saturated carbocycles. The molecule has 0 saturated heterocycles. The molecule has 8 aromatic carbocycles. The first-order chi connectivity index (χ1) is 26.1. The number of benzene rings is 8. The van der Waals surface area contributed by atoms with Gasteiger partial charge in [0.1, 0.15) is 0 Å². The Hall–Kier alpha value is -6.09. The quantitative estimate of drug-likeness (QED) is 0.159. The van der Waals surface area contributed by atoms with Gasteiger partial charge in [-0.1, -0.05) is 91.0 Å². The molecular formula is C49H27NS3. The number of fused-ring (bicyclic) bond motifs is 9. The predicted octanol–water partition coefficient (Wildman–Crippen LogP) is 16.0. The van der Waals surface area contributed by atoms with Crippen LogP contribution in [-0.4, -0.2) is 0 Å². The van der Waals surface area contributed by atoms with Gasteiger partial charge in [-0.25, -0.2) is 4.85 Å². The first kappa shape index (κ1) is 30.5. The number of nitrogens with zero attached hydrogens (tertiary/aromatic N) is 1. The third-order valence-electron chi connectivity index (χ3n) is 10.4. The molecule has 0 fully saturated rings. The molecule has 0 N–H and O–H groups in total. The van der Waals surface area contributed by atoms with Gasteiger partial charge in [-0.2, -0.15) is 0 Å². The fourth-order valence-electron chi connectivity index (χ4n) is 7.85. The van der Waals surface area contributed by atoms with Gasteiger partial charge in [0.15, 0.2) is 5.69 Å². The van der Waals surface area contributed by atoms with Crippen molar-refractivity contribution in [3.8, 4) is 44.5 Å². The summed E-state index contributed by atoms with van der Waals surface area (Å²) in [6.45, 7) is 8.09. The lowest BCUT2D eigenvalue weighted by atomic mass is 9.91. The Balaban J connectivity index is 1.10. The first-order valence-electron chi connectivity index (χ1n) is 17.6. The van der Waals surface area contributed by atoms with E-state index in [1.165, 1.54) is 71.6 Å². The zero-order valence-corrected chi connectivity index (χ0v) is 30.7. The largest absolute Gasteiger partial charge is 0.238 e. The van der Waals surface area contributed by atoms with E-state index in [2.05, 4.69) is 157 Å². The molecule has 0 aliphatic rings. The van der Waals surface area contributed by atoms with Crippen molar-refractivity contribution >= 4 is 100 Å². The van der Waals surface area contributed by atoms with E-state index in [4.69, 9.17) is 6.57 Å². The third-order valence-corrected chi connectivity index (χ3v) is 13.9. The van der Waals surface area contributed by atoms with Crippen LogP contribution in [0.25, 0.3) is 110 Å². The van der Waals surface area contributed by atoms with Gasteiger partial charge in [0.25, 0.3) is 0 Å². The standard InChI is InChI=1S/C49H27NS3/c1-50-37-24-35(31-16-19-43-40-10-4-7-13-46(40)53-49(43)28-31)23-36(25-37)34-21-32(29-14-17-41-38-8-2-5-11-44(38)51-47(41)26-29)20-33(22-34)30-15-18-42-39-9-3-6-12-45(39)52-48(42)27-30/h2-28H. The molecule has 0 spiro atoms. The fraction of sp³-hybridized carbons (Fsp3) is 0. The molecule has 3 aromatic heterocycles. The highest BCUT2D eigenvalue weighted by molar-refractivity contribution is 7.26. The highest BCUT2D eigenvalue weighted by Gasteiger charge is 2.14. The molecule has 0 aliphatic heterocycles. The topological polar surface area (TPSA) is 4.36 Å². The van der Waals surface area contributed by atoms with Crippen LogP contribution in [0.5, 0.6) is 0 Å². The molecule has 0 amide bonds. The van der Waals surface area contributed by atoms with Crippen LogP contribution in [0, 0.1) is 6.57 Å². The monoisotopic (exact) mass is 725 g/mol. The van der Waals surface area contributed by atoms with Crippen molar-refractivity contribution in [2.45, 2.75) is 0 Å². The summed E-state index contributed by atoms with van der Waals surface area (Å²) in [5.41, 5.74) is 9.65. The van der Waals surface area contributed by atoms with Crippen molar-refractivity contribution in [3.05, 3.63) is 175 Å². The SMILES string of the molecule is [C-]#[N+]c1cc(-c2cc(-c3ccc4c(c3)sc3ccccc34)cc(-c3ccc4c(c3)sc3ccccc34)c2)cc(-c2ccc3c(c2)sc2ccccc23)c1. The zero-order chi connectivity index (χ0) is 35.0. The number of hydrogen-bond donors (Lipinski definition) is 0. The van der Waals surface area contributed by atoms with Crippen LogP contribution in [-0.2, 0) is 0 Å². The van der Waals surface area contributed by atoms with Crippen LogP contribution in [0.2, 0.25) is 0 Å². The Labute approximate surface area is 318 Å². The molecule has 4 heteroatoms.